The predicted molar refractivity (Wildman–Crippen MR) is 130 cm³/mol. The summed E-state index contributed by atoms with van der Waals surface area (Å²) in [5.74, 6) is -0.0126. The van der Waals surface area contributed by atoms with E-state index in [0.717, 1.165) is 42.0 Å². The van der Waals surface area contributed by atoms with Crippen molar-refractivity contribution in [3.05, 3.63) is 65.6 Å². The molecular weight excluding hydrogens is 432 g/mol. The van der Waals surface area contributed by atoms with Gasteiger partial charge in [-0.1, -0.05) is 12.1 Å². The summed E-state index contributed by atoms with van der Waals surface area (Å²) in [7, 11) is 0. The van der Waals surface area contributed by atoms with Gasteiger partial charge in [-0.15, -0.1) is 0 Å². The monoisotopic (exact) mass is 460 g/mol. The number of carbonyl (C=O) groups is 1. The molecular formula is C26H28N4O4. The molecule has 0 unspecified atom stereocenters. The molecule has 0 radical (unpaired) electrons. The molecule has 5 rings (SSSR count). The van der Waals surface area contributed by atoms with Crippen molar-refractivity contribution in [1.82, 2.24) is 9.78 Å². The van der Waals surface area contributed by atoms with Crippen molar-refractivity contribution in [1.29, 1.82) is 0 Å². The van der Waals surface area contributed by atoms with E-state index in [-0.39, 0.29) is 11.7 Å². The largest absolute Gasteiger partial charge is 0.618 e. The Bertz CT molecular complexity index is 1370. The molecule has 1 fully saturated rings. The Morgan fingerprint density at radius 3 is 2.76 bits per heavy atom. The number of pyridine rings is 1. The van der Waals surface area contributed by atoms with Crippen LogP contribution < -0.4 is 14.8 Å². The van der Waals surface area contributed by atoms with Crippen LogP contribution in [0, 0.1) is 5.21 Å². The van der Waals surface area contributed by atoms with Gasteiger partial charge in [0.1, 0.15) is 5.75 Å². The molecule has 2 aromatic carbocycles. The smallest absolute Gasteiger partial charge is 0.321 e. The number of nitrogens with zero attached hydrogens (tertiary/aromatic N) is 3. The quantitative estimate of drug-likeness (QED) is 0.341. The van der Waals surface area contributed by atoms with Gasteiger partial charge in [0.2, 0.25) is 5.52 Å². The first-order chi connectivity index (χ1) is 16.3. The van der Waals surface area contributed by atoms with Crippen molar-refractivity contribution >= 4 is 33.4 Å². The predicted octanol–water partition coefficient (Wildman–Crippen LogP) is 4.34. The first-order valence-electron chi connectivity index (χ1n) is 11.7. The summed E-state index contributed by atoms with van der Waals surface area (Å²) in [6.07, 6.45) is 5.15. The van der Waals surface area contributed by atoms with Crippen LogP contribution in [0.25, 0.3) is 21.8 Å². The average Bonchev–Trinajstić information content (AvgIpc) is 3.22. The fourth-order valence-corrected chi connectivity index (χ4v) is 4.65. The minimum atomic E-state index is -0.607. The fraction of sp³-hybridized carbons (Fsp3) is 0.346. The third-order valence-electron chi connectivity index (χ3n) is 6.61. The van der Waals surface area contributed by atoms with Crippen molar-refractivity contribution in [2.45, 2.75) is 51.2 Å². The second-order valence-electron chi connectivity index (χ2n) is 9.20. The molecule has 2 N–H and O–H groups in total. The van der Waals surface area contributed by atoms with Crippen LogP contribution in [0.3, 0.4) is 0 Å². The summed E-state index contributed by atoms with van der Waals surface area (Å²) in [6, 6.07) is 14.3. The Morgan fingerprint density at radius 1 is 1.24 bits per heavy atom. The SMILES string of the molecule is CCOc1cc2nn(C3CCC(C)(O)CC3)cc2cc1NC(=O)c1ccc2ccccc2[n+]1[O-]. The van der Waals surface area contributed by atoms with E-state index < -0.39 is 11.5 Å². The zero-order valence-corrected chi connectivity index (χ0v) is 19.3. The Kier molecular flexibility index (Phi) is 5.61. The molecule has 0 aliphatic heterocycles. The lowest BCUT2D eigenvalue weighted by Crippen LogP contribution is -2.37. The minimum absolute atomic E-state index is 0.00574. The summed E-state index contributed by atoms with van der Waals surface area (Å²) in [5.41, 5.74) is 1.08. The third-order valence-corrected chi connectivity index (χ3v) is 6.61. The maximum Gasteiger partial charge on any atom is 0.321 e. The van der Waals surface area contributed by atoms with Crippen LogP contribution in [0.2, 0.25) is 0 Å². The van der Waals surface area contributed by atoms with E-state index in [4.69, 9.17) is 9.84 Å². The van der Waals surface area contributed by atoms with E-state index in [0.29, 0.717) is 28.3 Å². The van der Waals surface area contributed by atoms with Crippen LogP contribution in [0.5, 0.6) is 5.75 Å². The molecule has 34 heavy (non-hydrogen) atoms. The summed E-state index contributed by atoms with van der Waals surface area (Å²) in [5, 5.41) is 32.3. The van der Waals surface area contributed by atoms with Crippen molar-refractivity contribution in [2.75, 3.05) is 11.9 Å². The van der Waals surface area contributed by atoms with Crippen LogP contribution in [-0.2, 0) is 0 Å². The lowest BCUT2D eigenvalue weighted by Gasteiger charge is -2.33. The maximum atomic E-state index is 13.1. The number of fused-ring (bicyclic) bond motifs is 2. The number of nitrogens with one attached hydrogen (secondary N) is 1. The standard InChI is InChI=1S/C26H28N4O4/c1-3-34-24-15-20-18(16-29(28-20)19-10-12-26(2,32)13-11-19)14-21(24)27-25(31)23-9-8-17-6-4-5-7-22(17)30(23)33/h4-9,14-16,19,32H,3,10-13H2,1-2H3,(H,27,31). The van der Waals surface area contributed by atoms with Gasteiger partial charge in [0.05, 0.1) is 29.5 Å². The second-order valence-corrected chi connectivity index (χ2v) is 9.20. The van der Waals surface area contributed by atoms with E-state index in [9.17, 15) is 15.1 Å². The summed E-state index contributed by atoms with van der Waals surface area (Å²) >= 11 is 0. The Hall–Kier alpha value is -3.65. The summed E-state index contributed by atoms with van der Waals surface area (Å²) in [4.78, 5) is 13.1. The highest BCUT2D eigenvalue weighted by Gasteiger charge is 2.30. The second kappa shape index (κ2) is 8.61. The third kappa shape index (κ3) is 4.17. The van der Waals surface area contributed by atoms with Gasteiger partial charge < -0.3 is 20.4 Å². The van der Waals surface area contributed by atoms with Crippen molar-refractivity contribution < 1.29 is 19.4 Å². The van der Waals surface area contributed by atoms with Gasteiger partial charge in [0.25, 0.3) is 5.69 Å². The molecule has 176 valence electrons. The van der Waals surface area contributed by atoms with Crippen molar-refractivity contribution in [3.8, 4) is 5.75 Å². The van der Waals surface area contributed by atoms with Crippen LogP contribution >= 0.6 is 0 Å². The van der Waals surface area contributed by atoms with Crippen molar-refractivity contribution in [3.63, 3.8) is 0 Å². The van der Waals surface area contributed by atoms with Gasteiger partial charge in [-0.05, 0) is 57.7 Å². The first-order valence-corrected chi connectivity index (χ1v) is 11.7. The molecule has 2 heterocycles. The lowest BCUT2D eigenvalue weighted by atomic mass is 9.84. The molecule has 4 aromatic rings. The average molecular weight is 461 g/mol. The topological polar surface area (TPSA) is 103 Å². The minimum Gasteiger partial charge on any atom is -0.618 e. The zero-order chi connectivity index (χ0) is 23.9. The van der Waals surface area contributed by atoms with Gasteiger partial charge in [0, 0.05) is 35.2 Å². The number of ether oxygens (including phenoxy) is 1. The first kappa shape index (κ1) is 22.2. The molecule has 8 nitrogen and oxygen atoms in total. The molecule has 1 aliphatic carbocycles. The zero-order valence-electron chi connectivity index (χ0n) is 19.3. The van der Waals surface area contributed by atoms with Gasteiger partial charge in [-0.2, -0.15) is 9.83 Å². The van der Waals surface area contributed by atoms with Crippen molar-refractivity contribution in [2.24, 2.45) is 0 Å². The number of benzene rings is 2. The number of anilines is 1. The number of hydrogen-bond donors (Lipinski definition) is 2. The Morgan fingerprint density at radius 2 is 2.00 bits per heavy atom. The van der Waals surface area contributed by atoms with E-state index >= 15 is 0 Å². The summed E-state index contributed by atoms with van der Waals surface area (Å²) < 4.78 is 8.39. The van der Waals surface area contributed by atoms with E-state index in [1.165, 1.54) is 6.07 Å². The highest BCUT2D eigenvalue weighted by atomic mass is 16.5. The van der Waals surface area contributed by atoms with Gasteiger partial charge >= 0.3 is 5.91 Å². The summed E-state index contributed by atoms with van der Waals surface area (Å²) in [6.45, 7) is 4.18. The highest BCUT2D eigenvalue weighted by Crippen LogP contribution is 2.36. The number of aromatic nitrogens is 3. The molecule has 1 saturated carbocycles. The lowest BCUT2D eigenvalue weighted by molar-refractivity contribution is -0.579. The molecule has 1 aliphatic rings. The molecule has 0 saturated heterocycles. The highest BCUT2D eigenvalue weighted by molar-refractivity contribution is 6.04. The van der Waals surface area contributed by atoms with Gasteiger partial charge in [-0.3, -0.25) is 9.48 Å². The number of rotatable bonds is 5. The molecule has 0 atom stereocenters. The number of hydrogen-bond acceptors (Lipinski definition) is 5. The number of carbonyl (C=O) groups excluding carboxylic acids is 1. The Labute approximate surface area is 197 Å². The number of amides is 1. The normalized spacial score (nSPS) is 20.5. The molecule has 0 spiro atoms. The molecule has 0 bridgehead atoms. The maximum absolute atomic E-state index is 13.1. The molecule has 2 aromatic heterocycles. The van der Waals surface area contributed by atoms with Gasteiger partial charge in [-0.25, -0.2) is 0 Å². The Balaban J connectivity index is 1.46. The van der Waals surface area contributed by atoms with E-state index in [2.05, 4.69) is 5.32 Å². The number of aliphatic hydroxyl groups is 1. The van der Waals surface area contributed by atoms with E-state index in [1.54, 1.807) is 18.2 Å². The van der Waals surface area contributed by atoms with E-state index in [1.807, 2.05) is 49.0 Å². The van der Waals surface area contributed by atoms with Crippen LogP contribution in [0.1, 0.15) is 56.1 Å². The van der Waals surface area contributed by atoms with Gasteiger partial charge in [0.15, 0.2) is 0 Å². The number of para-hydroxylation sites is 1. The van der Waals surface area contributed by atoms with Crippen LogP contribution in [-0.4, -0.2) is 33.0 Å². The molecule has 8 heteroatoms. The van der Waals surface area contributed by atoms with Crippen LogP contribution in [0.4, 0.5) is 5.69 Å². The van der Waals surface area contributed by atoms with Crippen LogP contribution in [0.15, 0.2) is 54.7 Å². The molecule has 1 amide bonds. The fourth-order valence-electron chi connectivity index (χ4n) is 4.65.